The minimum atomic E-state index is 0.127. The lowest BCUT2D eigenvalue weighted by molar-refractivity contribution is -0.121. The Hall–Kier alpha value is -0.610. The first kappa shape index (κ1) is 15.4. The molecule has 0 aromatic heterocycles. The summed E-state index contributed by atoms with van der Waals surface area (Å²) in [5, 5.41) is 5.90. The molecular weight excluding hydrogens is 202 g/mol. The Morgan fingerprint density at radius 3 is 2.12 bits per heavy atom. The Morgan fingerprint density at radius 2 is 1.69 bits per heavy atom. The fourth-order valence-electron chi connectivity index (χ4n) is 1.76. The Kier molecular flexibility index (Phi) is 8.21. The van der Waals surface area contributed by atoms with Crippen LogP contribution >= 0.6 is 0 Å². The molecular formula is C12H27N3O. The van der Waals surface area contributed by atoms with Gasteiger partial charge in [-0.05, 0) is 34.7 Å². The van der Waals surface area contributed by atoms with E-state index in [9.17, 15) is 4.79 Å². The predicted octanol–water partition coefficient (Wildman–Crippen LogP) is 0.831. The molecule has 0 saturated heterocycles. The highest BCUT2D eigenvalue weighted by Gasteiger charge is 2.12. The fraction of sp³-hybridized carbons (Fsp3) is 0.917. The Labute approximate surface area is 99.8 Å². The molecule has 0 aliphatic carbocycles. The van der Waals surface area contributed by atoms with Gasteiger partial charge in [0.1, 0.15) is 0 Å². The van der Waals surface area contributed by atoms with Crippen LogP contribution < -0.4 is 10.6 Å². The number of nitrogens with zero attached hydrogens (tertiary/aromatic N) is 1. The van der Waals surface area contributed by atoms with E-state index in [2.05, 4.69) is 43.2 Å². The summed E-state index contributed by atoms with van der Waals surface area (Å²) < 4.78 is 0. The van der Waals surface area contributed by atoms with E-state index in [4.69, 9.17) is 0 Å². The number of hydrogen-bond donors (Lipinski definition) is 2. The van der Waals surface area contributed by atoms with Gasteiger partial charge in [0.2, 0.25) is 5.91 Å². The van der Waals surface area contributed by atoms with Crippen LogP contribution in [0, 0.1) is 0 Å². The first-order valence-electron chi connectivity index (χ1n) is 6.16. The van der Waals surface area contributed by atoms with E-state index in [1.165, 1.54) is 0 Å². The van der Waals surface area contributed by atoms with Crippen LogP contribution in [-0.4, -0.2) is 49.6 Å². The molecule has 0 bridgehead atoms. The minimum Gasteiger partial charge on any atom is -0.355 e. The molecule has 0 heterocycles. The quantitative estimate of drug-likeness (QED) is 0.648. The molecule has 0 aromatic rings. The lowest BCUT2D eigenvalue weighted by Gasteiger charge is -2.30. The molecule has 0 rings (SSSR count). The average Bonchev–Trinajstić information content (AvgIpc) is 2.20. The third-order valence-corrected chi connectivity index (χ3v) is 2.62. The molecule has 0 aliphatic heterocycles. The van der Waals surface area contributed by atoms with Crippen molar-refractivity contribution in [2.75, 3.05) is 26.7 Å². The molecule has 0 aliphatic rings. The summed E-state index contributed by atoms with van der Waals surface area (Å²) in [6.07, 6.45) is 0.555. The van der Waals surface area contributed by atoms with Gasteiger partial charge < -0.3 is 10.6 Å². The summed E-state index contributed by atoms with van der Waals surface area (Å²) in [6, 6.07) is 1.04. The van der Waals surface area contributed by atoms with Gasteiger partial charge in [0.05, 0.1) is 0 Å². The summed E-state index contributed by atoms with van der Waals surface area (Å²) >= 11 is 0. The normalized spacial score (nSPS) is 11.5. The maximum atomic E-state index is 11.4. The second-order valence-corrected chi connectivity index (χ2v) is 4.63. The highest BCUT2D eigenvalue weighted by Crippen LogP contribution is 2.03. The van der Waals surface area contributed by atoms with Crippen molar-refractivity contribution in [2.24, 2.45) is 0 Å². The van der Waals surface area contributed by atoms with Gasteiger partial charge in [-0.3, -0.25) is 9.69 Å². The lowest BCUT2D eigenvalue weighted by atomic mass is 10.2. The van der Waals surface area contributed by atoms with Crippen LogP contribution in [0.2, 0.25) is 0 Å². The lowest BCUT2D eigenvalue weighted by Crippen LogP contribution is -2.42. The van der Waals surface area contributed by atoms with Crippen molar-refractivity contribution in [1.82, 2.24) is 15.5 Å². The molecule has 0 saturated carbocycles. The van der Waals surface area contributed by atoms with Gasteiger partial charge in [-0.1, -0.05) is 0 Å². The van der Waals surface area contributed by atoms with E-state index in [1.807, 2.05) is 7.05 Å². The number of carbonyl (C=O) groups is 1. The number of carbonyl (C=O) groups excluding carboxylic acids is 1. The van der Waals surface area contributed by atoms with Gasteiger partial charge >= 0.3 is 0 Å². The smallest absolute Gasteiger partial charge is 0.221 e. The average molecular weight is 229 g/mol. The van der Waals surface area contributed by atoms with Crippen molar-refractivity contribution in [3.63, 3.8) is 0 Å². The number of amides is 1. The van der Waals surface area contributed by atoms with Gasteiger partial charge in [-0.15, -0.1) is 0 Å². The van der Waals surface area contributed by atoms with E-state index in [1.54, 1.807) is 0 Å². The van der Waals surface area contributed by atoms with Crippen molar-refractivity contribution in [3.05, 3.63) is 0 Å². The maximum absolute atomic E-state index is 11.4. The van der Waals surface area contributed by atoms with Crippen LogP contribution in [0.5, 0.6) is 0 Å². The molecule has 96 valence electrons. The van der Waals surface area contributed by atoms with Crippen LogP contribution in [0.15, 0.2) is 0 Å². The number of rotatable bonds is 8. The highest BCUT2D eigenvalue weighted by molar-refractivity contribution is 5.76. The van der Waals surface area contributed by atoms with Crippen molar-refractivity contribution in [1.29, 1.82) is 0 Å². The second-order valence-electron chi connectivity index (χ2n) is 4.63. The van der Waals surface area contributed by atoms with E-state index in [-0.39, 0.29) is 5.91 Å². The third kappa shape index (κ3) is 6.80. The zero-order valence-electron chi connectivity index (χ0n) is 11.3. The first-order chi connectivity index (χ1) is 7.49. The fourth-order valence-corrected chi connectivity index (χ4v) is 1.76. The standard InChI is InChI=1S/C12H27N3O/c1-10(2)15(11(3)4)9-8-14-12(16)6-7-13-5/h10-11,13H,6-9H2,1-5H3,(H,14,16). The van der Waals surface area contributed by atoms with Crippen molar-refractivity contribution >= 4 is 5.91 Å². The van der Waals surface area contributed by atoms with Gasteiger partial charge in [0.15, 0.2) is 0 Å². The Balaban J connectivity index is 3.73. The molecule has 1 amide bonds. The molecule has 0 atom stereocenters. The van der Waals surface area contributed by atoms with Gasteiger partial charge in [0, 0.05) is 38.1 Å². The van der Waals surface area contributed by atoms with Crippen LogP contribution in [0.4, 0.5) is 0 Å². The molecule has 0 radical (unpaired) electrons. The van der Waals surface area contributed by atoms with Crippen LogP contribution in [0.1, 0.15) is 34.1 Å². The van der Waals surface area contributed by atoms with E-state index in [0.717, 1.165) is 19.6 Å². The SMILES string of the molecule is CNCCC(=O)NCCN(C(C)C)C(C)C. The molecule has 4 heteroatoms. The zero-order chi connectivity index (χ0) is 12.6. The summed E-state index contributed by atoms with van der Waals surface area (Å²) in [6.45, 7) is 11.1. The Morgan fingerprint density at radius 1 is 1.12 bits per heavy atom. The number of hydrogen-bond acceptors (Lipinski definition) is 3. The van der Waals surface area contributed by atoms with E-state index < -0.39 is 0 Å². The van der Waals surface area contributed by atoms with Gasteiger partial charge in [0.25, 0.3) is 0 Å². The maximum Gasteiger partial charge on any atom is 0.221 e. The molecule has 0 fully saturated rings. The third-order valence-electron chi connectivity index (χ3n) is 2.62. The highest BCUT2D eigenvalue weighted by atomic mass is 16.1. The molecule has 0 aromatic carbocycles. The van der Waals surface area contributed by atoms with Crippen LogP contribution in [0.3, 0.4) is 0 Å². The van der Waals surface area contributed by atoms with E-state index >= 15 is 0 Å². The van der Waals surface area contributed by atoms with Gasteiger partial charge in [-0.25, -0.2) is 0 Å². The summed E-state index contributed by atoms with van der Waals surface area (Å²) in [4.78, 5) is 13.7. The summed E-state index contributed by atoms with van der Waals surface area (Å²) in [5.41, 5.74) is 0. The first-order valence-corrected chi connectivity index (χ1v) is 6.16. The molecule has 16 heavy (non-hydrogen) atoms. The predicted molar refractivity (Wildman–Crippen MR) is 68.5 cm³/mol. The summed E-state index contributed by atoms with van der Waals surface area (Å²) in [5.74, 6) is 0.127. The van der Waals surface area contributed by atoms with Crippen molar-refractivity contribution < 1.29 is 4.79 Å². The molecule has 0 spiro atoms. The molecule has 2 N–H and O–H groups in total. The molecule has 0 unspecified atom stereocenters. The Bertz CT molecular complexity index is 185. The number of nitrogens with one attached hydrogen (secondary N) is 2. The van der Waals surface area contributed by atoms with Crippen molar-refractivity contribution in [2.45, 2.75) is 46.2 Å². The van der Waals surface area contributed by atoms with Crippen molar-refractivity contribution in [3.8, 4) is 0 Å². The molecule has 4 nitrogen and oxygen atoms in total. The summed E-state index contributed by atoms with van der Waals surface area (Å²) in [7, 11) is 1.85. The van der Waals surface area contributed by atoms with E-state index in [0.29, 0.717) is 18.5 Å². The second kappa shape index (κ2) is 8.53. The minimum absolute atomic E-state index is 0.127. The topological polar surface area (TPSA) is 44.4 Å². The zero-order valence-corrected chi connectivity index (χ0v) is 11.3. The van der Waals surface area contributed by atoms with Crippen LogP contribution in [-0.2, 0) is 4.79 Å². The monoisotopic (exact) mass is 229 g/mol. The largest absolute Gasteiger partial charge is 0.355 e. The van der Waals surface area contributed by atoms with Crippen LogP contribution in [0.25, 0.3) is 0 Å². The van der Waals surface area contributed by atoms with Gasteiger partial charge in [-0.2, -0.15) is 0 Å².